The summed E-state index contributed by atoms with van der Waals surface area (Å²) in [4.78, 5) is 13.1. The molecule has 0 atom stereocenters. The standard InChI is InChI=1S/C16H26N2O2/c1-13(2)15-8-6-14(7-9-15)5-4-10-17-16(20)18(3)11-12-19/h6-9,13,19H,4-5,10-12H2,1-3H3,(H,17,20). The minimum atomic E-state index is -0.130. The van der Waals surface area contributed by atoms with Gasteiger partial charge in [0.25, 0.3) is 0 Å². The molecule has 1 rings (SSSR count). The Balaban J connectivity index is 2.25. The van der Waals surface area contributed by atoms with Crippen molar-refractivity contribution in [2.45, 2.75) is 32.6 Å². The number of aliphatic hydroxyl groups excluding tert-OH is 1. The average molecular weight is 278 g/mol. The second-order valence-corrected chi connectivity index (χ2v) is 5.38. The van der Waals surface area contributed by atoms with Gasteiger partial charge in [-0.1, -0.05) is 38.1 Å². The highest BCUT2D eigenvalue weighted by atomic mass is 16.3. The number of hydrogen-bond acceptors (Lipinski definition) is 2. The van der Waals surface area contributed by atoms with Gasteiger partial charge in [0, 0.05) is 20.1 Å². The molecule has 4 heteroatoms. The smallest absolute Gasteiger partial charge is 0.317 e. The van der Waals surface area contributed by atoms with Crippen LogP contribution in [0, 0.1) is 0 Å². The Bertz CT molecular complexity index is 401. The molecular weight excluding hydrogens is 252 g/mol. The van der Waals surface area contributed by atoms with E-state index >= 15 is 0 Å². The van der Waals surface area contributed by atoms with E-state index < -0.39 is 0 Å². The van der Waals surface area contributed by atoms with Crippen LogP contribution in [0.4, 0.5) is 4.79 Å². The van der Waals surface area contributed by atoms with Crippen molar-refractivity contribution < 1.29 is 9.90 Å². The fourth-order valence-corrected chi connectivity index (χ4v) is 1.94. The molecule has 0 unspecified atom stereocenters. The molecule has 0 aromatic heterocycles. The van der Waals surface area contributed by atoms with Gasteiger partial charge in [-0.3, -0.25) is 0 Å². The first-order chi connectivity index (χ1) is 9.54. The Morgan fingerprint density at radius 2 is 1.95 bits per heavy atom. The van der Waals surface area contributed by atoms with Crippen LogP contribution in [0.15, 0.2) is 24.3 Å². The SMILES string of the molecule is CC(C)c1ccc(CCCNC(=O)N(C)CCO)cc1. The van der Waals surface area contributed by atoms with Crippen LogP contribution in [0.3, 0.4) is 0 Å². The van der Waals surface area contributed by atoms with Crippen molar-refractivity contribution in [1.29, 1.82) is 0 Å². The Morgan fingerprint density at radius 1 is 1.30 bits per heavy atom. The molecule has 0 spiro atoms. The van der Waals surface area contributed by atoms with E-state index in [1.165, 1.54) is 16.0 Å². The normalized spacial score (nSPS) is 10.7. The fraction of sp³-hybridized carbons (Fsp3) is 0.562. The number of aliphatic hydroxyl groups is 1. The third-order valence-corrected chi connectivity index (χ3v) is 3.35. The molecule has 1 aromatic rings. The molecular formula is C16H26N2O2. The minimum absolute atomic E-state index is 0.00782. The maximum Gasteiger partial charge on any atom is 0.317 e. The lowest BCUT2D eigenvalue weighted by Gasteiger charge is -2.16. The average Bonchev–Trinajstić information content (AvgIpc) is 2.44. The molecule has 1 aromatic carbocycles. The molecule has 2 amide bonds. The molecule has 2 N–H and O–H groups in total. The van der Waals surface area contributed by atoms with Crippen LogP contribution in [-0.4, -0.2) is 42.8 Å². The third kappa shape index (κ3) is 5.61. The van der Waals surface area contributed by atoms with Crippen molar-refractivity contribution >= 4 is 6.03 Å². The first-order valence-electron chi connectivity index (χ1n) is 7.23. The van der Waals surface area contributed by atoms with Gasteiger partial charge in [-0.25, -0.2) is 4.79 Å². The lowest BCUT2D eigenvalue weighted by molar-refractivity contribution is 0.190. The van der Waals surface area contributed by atoms with Gasteiger partial charge < -0.3 is 15.3 Å². The number of likely N-dealkylation sites (N-methyl/N-ethyl adjacent to an activating group) is 1. The molecule has 0 aliphatic carbocycles. The van der Waals surface area contributed by atoms with Gasteiger partial charge in [-0.05, 0) is 29.9 Å². The first-order valence-corrected chi connectivity index (χ1v) is 7.23. The number of nitrogens with zero attached hydrogens (tertiary/aromatic N) is 1. The van der Waals surface area contributed by atoms with Crippen molar-refractivity contribution in [2.24, 2.45) is 0 Å². The Hall–Kier alpha value is -1.55. The van der Waals surface area contributed by atoms with Gasteiger partial charge in [0.05, 0.1) is 6.61 Å². The van der Waals surface area contributed by atoms with Crippen molar-refractivity contribution in [1.82, 2.24) is 10.2 Å². The maximum atomic E-state index is 11.6. The van der Waals surface area contributed by atoms with E-state index in [0.29, 0.717) is 19.0 Å². The summed E-state index contributed by atoms with van der Waals surface area (Å²) in [6.45, 7) is 5.38. The van der Waals surface area contributed by atoms with Crippen LogP contribution in [0.5, 0.6) is 0 Å². The van der Waals surface area contributed by atoms with E-state index in [2.05, 4.69) is 43.4 Å². The molecule has 4 nitrogen and oxygen atoms in total. The van der Waals surface area contributed by atoms with Crippen LogP contribution in [0.25, 0.3) is 0 Å². The van der Waals surface area contributed by atoms with Crippen molar-refractivity contribution in [3.8, 4) is 0 Å². The second-order valence-electron chi connectivity index (χ2n) is 5.38. The van der Waals surface area contributed by atoms with Gasteiger partial charge in [-0.2, -0.15) is 0 Å². The highest BCUT2D eigenvalue weighted by Gasteiger charge is 2.06. The molecule has 0 saturated carbocycles. The van der Waals surface area contributed by atoms with Gasteiger partial charge in [0.2, 0.25) is 0 Å². The number of carbonyl (C=O) groups excluding carboxylic acids is 1. The number of hydrogen-bond donors (Lipinski definition) is 2. The summed E-state index contributed by atoms with van der Waals surface area (Å²) in [6, 6.07) is 8.54. The molecule has 112 valence electrons. The molecule has 0 saturated heterocycles. The molecule has 0 heterocycles. The maximum absolute atomic E-state index is 11.6. The van der Waals surface area contributed by atoms with E-state index in [9.17, 15) is 4.79 Å². The predicted octanol–water partition coefficient (Wildman–Crippen LogP) is 2.38. The number of benzene rings is 1. The number of urea groups is 1. The summed E-state index contributed by atoms with van der Waals surface area (Å²) in [5.41, 5.74) is 2.65. The number of aryl methyl sites for hydroxylation is 1. The molecule has 0 fully saturated rings. The van der Waals surface area contributed by atoms with Crippen molar-refractivity contribution in [3.05, 3.63) is 35.4 Å². The van der Waals surface area contributed by atoms with E-state index in [0.717, 1.165) is 12.8 Å². The van der Waals surface area contributed by atoms with E-state index in [4.69, 9.17) is 5.11 Å². The van der Waals surface area contributed by atoms with Crippen LogP contribution >= 0.6 is 0 Å². The highest BCUT2D eigenvalue weighted by Crippen LogP contribution is 2.15. The largest absolute Gasteiger partial charge is 0.395 e. The van der Waals surface area contributed by atoms with E-state index in [1.54, 1.807) is 7.05 Å². The van der Waals surface area contributed by atoms with Gasteiger partial charge >= 0.3 is 6.03 Å². The molecule has 20 heavy (non-hydrogen) atoms. The van der Waals surface area contributed by atoms with E-state index in [-0.39, 0.29) is 12.6 Å². The van der Waals surface area contributed by atoms with Crippen LogP contribution in [0.1, 0.15) is 37.3 Å². The number of carbonyl (C=O) groups is 1. The zero-order valence-electron chi connectivity index (χ0n) is 12.7. The summed E-state index contributed by atoms with van der Waals surface area (Å²) in [5, 5.41) is 11.6. The lowest BCUT2D eigenvalue weighted by atomic mass is 10.0. The van der Waals surface area contributed by atoms with E-state index in [1.807, 2.05) is 0 Å². The topological polar surface area (TPSA) is 52.6 Å². The van der Waals surface area contributed by atoms with Crippen molar-refractivity contribution in [2.75, 3.05) is 26.7 Å². The lowest BCUT2D eigenvalue weighted by Crippen LogP contribution is -2.39. The zero-order valence-corrected chi connectivity index (χ0v) is 12.7. The van der Waals surface area contributed by atoms with Crippen LogP contribution in [0.2, 0.25) is 0 Å². The zero-order chi connectivity index (χ0) is 15.0. The van der Waals surface area contributed by atoms with Crippen molar-refractivity contribution in [3.63, 3.8) is 0 Å². The summed E-state index contributed by atoms with van der Waals surface area (Å²) in [6.07, 6.45) is 1.88. The Morgan fingerprint density at radius 3 is 2.50 bits per heavy atom. The number of amides is 2. The molecule has 0 radical (unpaired) electrons. The molecule has 0 bridgehead atoms. The minimum Gasteiger partial charge on any atom is -0.395 e. The van der Waals surface area contributed by atoms with Crippen LogP contribution in [-0.2, 0) is 6.42 Å². The third-order valence-electron chi connectivity index (χ3n) is 3.35. The van der Waals surface area contributed by atoms with Crippen LogP contribution < -0.4 is 5.32 Å². The highest BCUT2D eigenvalue weighted by molar-refractivity contribution is 5.73. The first kappa shape index (κ1) is 16.5. The fourth-order valence-electron chi connectivity index (χ4n) is 1.94. The predicted molar refractivity (Wildman–Crippen MR) is 82.0 cm³/mol. The van der Waals surface area contributed by atoms with Gasteiger partial charge in [0.15, 0.2) is 0 Å². The summed E-state index contributed by atoms with van der Waals surface area (Å²) < 4.78 is 0. The Labute approximate surface area is 121 Å². The van der Waals surface area contributed by atoms with Gasteiger partial charge in [-0.15, -0.1) is 0 Å². The summed E-state index contributed by atoms with van der Waals surface area (Å²) in [5.74, 6) is 0.561. The monoisotopic (exact) mass is 278 g/mol. The number of nitrogens with one attached hydrogen (secondary N) is 1. The number of rotatable bonds is 7. The Kier molecular flexibility index (Phi) is 7.09. The molecule has 0 aliphatic rings. The summed E-state index contributed by atoms with van der Waals surface area (Å²) in [7, 11) is 1.68. The second kappa shape index (κ2) is 8.59. The summed E-state index contributed by atoms with van der Waals surface area (Å²) >= 11 is 0. The van der Waals surface area contributed by atoms with Gasteiger partial charge in [0.1, 0.15) is 0 Å². The molecule has 0 aliphatic heterocycles. The quantitative estimate of drug-likeness (QED) is 0.752.